The van der Waals surface area contributed by atoms with E-state index in [9.17, 15) is 23.6 Å². The first-order valence-electron chi connectivity index (χ1n) is 14.6. The summed E-state index contributed by atoms with van der Waals surface area (Å²) in [4.78, 5) is 62.8. The molecule has 14 heteroatoms. The molecule has 0 spiro atoms. The Morgan fingerprint density at radius 1 is 1.04 bits per heavy atom. The molecule has 0 aliphatic carbocycles. The standard InChI is InChI=1S/C31H39FN8O5/c1-17(33-5)27(41)38-25(31(2,3)4)29(43)40-13-9-12-23(40)28(42)36-22-14-18-21(15-24(22)45-6)34-16-35-26(18)39-30(44)37-20-11-8-7-10-19(20)32/h7-8,10-11,14-17,23,25,33H,9,12-13H2,1-6H3,(H,36,42)(H,38,41)(H2,34,35,37,39,44). The molecule has 2 aromatic carbocycles. The Morgan fingerprint density at radius 3 is 2.44 bits per heavy atom. The minimum atomic E-state index is -0.856. The molecule has 1 aromatic heterocycles. The van der Waals surface area contributed by atoms with Gasteiger partial charge in [0.15, 0.2) is 0 Å². The summed E-state index contributed by atoms with van der Waals surface area (Å²) >= 11 is 0. The number of carbonyl (C=O) groups excluding carboxylic acids is 4. The lowest BCUT2D eigenvalue weighted by Crippen LogP contribution is -2.59. The van der Waals surface area contributed by atoms with Crippen LogP contribution >= 0.6 is 0 Å². The molecule has 1 fully saturated rings. The fourth-order valence-electron chi connectivity index (χ4n) is 5.01. The van der Waals surface area contributed by atoms with E-state index in [-0.39, 0.29) is 29.0 Å². The van der Waals surface area contributed by atoms with Crippen LogP contribution in [0.15, 0.2) is 42.7 Å². The average Bonchev–Trinajstić information content (AvgIpc) is 3.50. The van der Waals surface area contributed by atoms with Gasteiger partial charge < -0.3 is 30.9 Å². The van der Waals surface area contributed by atoms with Crippen molar-refractivity contribution in [1.82, 2.24) is 25.5 Å². The number of halogens is 1. The highest BCUT2D eigenvalue weighted by Crippen LogP contribution is 2.33. The molecule has 1 saturated heterocycles. The lowest BCUT2D eigenvalue weighted by molar-refractivity contribution is -0.143. The molecule has 4 rings (SSSR count). The molecule has 5 N–H and O–H groups in total. The van der Waals surface area contributed by atoms with Crippen LogP contribution in [0.1, 0.15) is 40.5 Å². The zero-order valence-electron chi connectivity index (χ0n) is 26.2. The summed E-state index contributed by atoms with van der Waals surface area (Å²) in [5.41, 5.74) is 0.0554. The van der Waals surface area contributed by atoms with Crippen molar-refractivity contribution in [2.45, 2.75) is 58.7 Å². The Balaban J connectivity index is 1.57. The van der Waals surface area contributed by atoms with Crippen LogP contribution < -0.4 is 31.3 Å². The largest absolute Gasteiger partial charge is 0.494 e. The number of benzene rings is 2. The summed E-state index contributed by atoms with van der Waals surface area (Å²) in [7, 11) is 3.10. The first kappa shape index (κ1) is 33.1. The Morgan fingerprint density at radius 2 is 1.78 bits per heavy atom. The molecule has 0 radical (unpaired) electrons. The van der Waals surface area contributed by atoms with Crippen LogP contribution in [-0.2, 0) is 14.4 Å². The molecule has 0 bridgehead atoms. The minimum Gasteiger partial charge on any atom is -0.494 e. The highest BCUT2D eigenvalue weighted by atomic mass is 19.1. The number of hydrogen-bond donors (Lipinski definition) is 5. The van der Waals surface area contributed by atoms with E-state index in [0.29, 0.717) is 36.0 Å². The highest BCUT2D eigenvalue weighted by molar-refractivity contribution is 6.07. The van der Waals surface area contributed by atoms with E-state index in [4.69, 9.17) is 4.74 Å². The van der Waals surface area contributed by atoms with E-state index in [2.05, 4.69) is 36.6 Å². The molecule has 2 heterocycles. The van der Waals surface area contributed by atoms with Crippen LogP contribution in [-0.4, -0.2) is 77.4 Å². The lowest BCUT2D eigenvalue weighted by atomic mass is 9.85. The van der Waals surface area contributed by atoms with Gasteiger partial charge in [-0.3, -0.25) is 19.7 Å². The molecule has 45 heavy (non-hydrogen) atoms. The third kappa shape index (κ3) is 7.63. The summed E-state index contributed by atoms with van der Waals surface area (Å²) in [6.45, 7) is 7.62. The maximum absolute atomic E-state index is 14.0. The number of carbonyl (C=O) groups is 4. The first-order chi connectivity index (χ1) is 21.3. The molecular weight excluding hydrogens is 583 g/mol. The Hall–Kier alpha value is -4.85. The number of aromatic nitrogens is 2. The van der Waals surface area contributed by atoms with Crippen LogP contribution in [0, 0.1) is 11.2 Å². The predicted molar refractivity (Wildman–Crippen MR) is 168 cm³/mol. The minimum absolute atomic E-state index is 0.0107. The number of nitrogens with zero attached hydrogens (tertiary/aromatic N) is 3. The van der Waals surface area contributed by atoms with E-state index in [1.807, 2.05) is 20.8 Å². The van der Waals surface area contributed by atoms with Gasteiger partial charge in [-0.15, -0.1) is 0 Å². The van der Waals surface area contributed by atoms with Crippen LogP contribution in [0.4, 0.5) is 26.4 Å². The van der Waals surface area contributed by atoms with Gasteiger partial charge in [0.1, 0.15) is 35.8 Å². The van der Waals surface area contributed by atoms with Crippen molar-refractivity contribution >= 4 is 51.8 Å². The normalized spacial score (nSPS) is 16.1. The van der Waals surface area contributed by atoms with Crippen LogP contribution in [0.5, 0.6) is 5.75 Å². The van der Waals surface area contributed by atoms with Gasteiger partial charge in [0.25, 0.3) is 0 Å². The van der Waals surface area contributed by atoms with E-state index in [1.54, 1.807) is 32.2 Å². The number of likely N-dealkylation sites (tertiary alicyclic amines) is 1. The third-order valence-corrected chi connectivity index (χ3v) is 7.63. The smallest absolute Gasteiger partial charge is 0.324 e. The summed E-state index contributed by atoms with van der Waals surface area (Å²) in [5.74, 6) is -1.29. The van der Waals surface area contributed by atoms with Gasteiger partial charge >= 0.3 is 6.03 Å². The number of likely N-dealkylation sites (N-methyl/N-ethyl adjacent to an activating group) is 1. The number of para-hydroxylation sites is 1. The summed E-state index contributed by atoms with van der Waals surface area (Å²) in [6, 6.07) is 5.99. The first-order valence-corrected chi connectivity index (χ1v) is 14.6. The Bertz CT molecular complexity index is 1590. The van der Waals surface area contributed by atoms with Crippen molar-refractivity contribution in [1.29, 1.82) is 0 Å². The number of methoxy groups -OCH3 is 1. The van der Waals surface area contributed by atoms with Crippen LogP contribution in [0.25, 0.3) is 10.9 Å². The van der Waals surface area contributed by atoms with Gasteiger partial charge in [-0.05, 0) is 50.4 Å². The predicted octanol–water partition coefficient (Wildman–Crippen LogP) is 3.49. The highest BCUT2D eigenvalue weighted by Gasteiger charge is 2.42. The van der Waals surface area contributed by atoms with E-state index in [0.717, 1.165) is 0 Å². The van der Waals surface area contributed by atoms with E-state index < -0.39 is 41.3 Å². The number of amides is 5. The van der Waals surface area contributed by atoms with E-state index in [1.165, 1.54) is 36.5 Å². The second-order valence-electron chi connectivity index (χ2n) is 11.8. The van der Waals surface area contributed by atoms with Gasteiger partial charge in [0.2, 0.25) is 17.7 Å². The molecule has 3 atom stereocenters. The summed E-state index contributed by atoms with van der Waals surface area (Å²) < 4.78 is 19.6. The maximum atomic E-state index is 14.0. The maximum Gasteiger partial charge on any atom is 0.324 e. The van der Waals surface area contributed by atoms with Gasteiger partial charge in [-0.1, -0.05) is 32.9 Å². The Labute approximate surface area is 260 Å². The van der Waals surface area contributed by atoms with Gasteiger partial charge in [-0.2, -0.15) is 0 Å². The number of urea groups is 1. The number of ether oxygens (including phenoxy) is 1. The third-order valence-electron chi connectivity index (χ3n) is 7.63. The molecule has 5 amide bonds. The second kappa shape index (κ2) is 13.8. The zero-order valence-corrected chi connectivity index (χ0v) is 26.2. The van der Waals surface area contributed by atoms with Crippen LogP contribution in [0.2, 0.25) is 0 Å². The lowest BCUT2D eigenvalue weighted by Gasteiger charge is -2.36. The monoisotopic (exact) mass is 622 g/mol. The average molecular weight is 623 g/mol. The number of anilines is 3. The van der Waals surface area contributed by atoms with Crippen molar-refractivity contribution in [2.24, 2.45) is 5.41 Å². The number of rotatable bonds is 9. The molecule has 3 unspecified atom stereocenters. The van der Waals surface area contributed by atoms with Crippen molar-refractivity contribution in [3.8, 4) is 5.75 Å². The molecule has 3 aromatic rings. The van der Waals surface area contributed by atoms with Crippen molar-refractivity contribution in [3.63, 3.8) is 0 Å². The van der Waals surface area contributed by atoms with Gasteiger partial charge in [0, 0.05) is 18.0 Å². The van der Waals surface area contributed by atoms with Crippen LogP contribution in [0.3, 0.4) is 0 Å². The molecular formula is C31H39FN8O5. The fourth-order valence-corrected chi connectivity index (χ4v) is 5.01. The number of fused-ring (bicyclic) bond motifs is 1. The molecule has 240 valence electrons. The van der Waals surface area contributed by atoms with Crippen molar-refractivity contribution in [2.75, 3.05) is 36.7 Å². The van der Waals surface area contributed by atoms with Gasteiger partial charge in [0.05, 0.1) is 30.0 Å². The number of nitrogens with one attached hydrogen (secondary N) is 5. The summed E-state index contributed by atoms with van der Waals surface area (Å²) in [6.07, 6.45) is 2.29. The topological polar surface area (TPSA) is 167 Å². The summed E-state index contributed by atoms with van der Waals surface area (Å²) in [5, 5.41) is 14.0. The molecule has 0 saturated carbocycles. The number of hydrogen-bond acceptors (Lipinski definition) is 8. The van der Waals surface area contributed by atoms with Crippen molar-refractivity contribution in [3.05, 3.63) is 48.5 Å². The van der Waals surface area contributed by atoms with E-state index >= 15 is 0 Å². The quantitative estimate of drug-likeness (QED) is 0.242. The SMILES string of the molecule is CNC(C)C(=O)NC(C(=O)N1CCCC1C(=O)Nc1cc2c(NC(=O)Nc3ccccc3F)ncnc2cc1OC)C(C)(C)C. The molecule has 1 aliphatic heterocycles. The second-order valence-corrected chi connectivity index (χ2v) is 11.8. The Kier molecular flexibility index (Phi) is 10.2. The molecule has 13 nitrogen and oxygen atoms in total. The zero-order chi connectivity index (χ0) is 32.9. The molecule has 1 aliphatic rings. The van der Waals surface area contributed by atoms with Crippen molar-refractivity contribution < 1.29 is 28.3 Å². The van der Waals surface area contributed by atoms with Gasteiger partial charge in [-0.25, -0.2) is 19.2 Å². The fraction of sp³-hybridized carbons (Fsp3) is 0.419.